The summed E-state index contributed by atoms with van der Waals surface area (Å²) in [6.45, 7) is 0. The highest BCUT2D eigenvalue weighted by Gasteiger charge is 2.11. The van der Waals surface area contributed by atoms with E-state index in [0.29, 0.717) is 22.8 Å². The van der Waals surface area contributed by atoms with Gasteiger partial charge in [0.05, 0.1) is 6.20 Å². The monoisotopic (exact) mass is 322 g/mol. The molecule has 4 aromatic rings. The molecule has 0 aliphatic heterocycles. The first-order chi connectivity index (χ1) is 11.7. The maximum absolute atomic E-state index is 12.0. The smallest absolute Gasteiger partial charge is 0.277 e. The van der Waals surface area contributed by atoms with Crippen LogP contribution in [0.4, 0.5) is 17.5 Å². The number of aromatic nitrogens is 8. The lowest BCUT2D eigenvalue weighted by Gasteiger charge is -2.08. The van der Waals surface area contributed by atoms with Gasteiger partial charge in [0.1, 0.15) is 16.7 Å². The number of H-pyrrole nitrogens is 2. The summed E-state index contributed by atoms with van der Waals surface area (Å²) in [6.07, 6.45) is 1.42. The highest BCUT2D eigenvalue weighted by molar-refractivity contribution is 5.90. The van der Waals surface area contributed by atoms with Crippen LogP contribution in [0.15, 0.2) is 35.3 Å². The van der Waals surface area contributed by atoms with Crippen molar-refractivity contribution in [3.63, 3.8) is 0 Å². The van der Waals surface area contributed by atoms with Crippen LogP contribution in [-0.2, 0) is 0 Å². The minimum absolute atomic E-state index is 0.0424. The van der Waals surface area contributed by atoms with Crippen molar-refractivity contribution in [1.29, 1.82) is 0 Å². The molecule has 5 N–H and O–H groups in total. The Morgan fingerprint density at radius 3 is 2.71 bits per heavy atom. The van der Waals surface area contributed by atoms with Crippen molar-refractivity contribution in [3.05, 3.63) is 40.8 Å². The molecule has 0 unspecified atom stereocenters. The van der Waals surface area contributed by atoms with Gasteiger partial charge in [-0.15, -0.1) is 10.2 Å². The number of nitrogens with two attached hydrogens (primary N) is 1. The Bertz CT molecular complexity index is 1050. The molecule has 0 fully saturated rings. The Kier molecular flexibility index (Phi) is 3.09. The molecule has 0 aliphatic rings. The van der Waals surface area contributed by atoms with E-state index >= 15 is 0 Å². The molecule has 0 spiro atoms. The Hall–Kier alpha value is -3.89. The van der Waals surface area contributed by atoms with Crippen LogP contribution < -0.4 is 16.6 Å². The van der Waals surface area contributed by atoms with Gasteiger partial charge in [-0.05, 0) is 29.5 Å². The van der Waals surface area contributed by atoms with Gasteiger partial charge in [0.15, 0.2) is 0 Å². The Balaban J connectivity index is 1.73. The standard InChI is InChI=1S/C13H10N10O/c14-13-17-8-5-15-21-12(24)9(8)11(18-13)16-7-3-1-6(2-4-7)10-19-22-23-20-10/h1-5H,(H,21,24)(H3,14,16,17,18)(H,19,20,22,23). The topological polar surface area (TPSA) is 164 Å². The quantitative estimate of drug-likeness (QED) is 0.413. The number of rotatable bonds is 3. The Morgan fingerprint density at radius 2 is 1.96 bits per heavy atom. The second-order valence-electron chi connectivity index (χ2n) is 4.83. The van der Waals surface area contributed by atoms with Gasteiger partial charge < -0.3 is 11.1 Å². The SMILES string of the molecule is Nc1nc(Nc2ccc(-c3nn[nH]n3)cc2)c2c(=O)[nH]ncc2n1. The van der Waals surface area contributed by atoms with Crippen molar-refractivity contribution >= 4 is 28.4 Å². The van der Waals surface area contributed by atoms with E-state index in [1.807, 2.05) is 12.1 Å². The highest BCUT2D eigenvalue weighted by Crippen LogP contribution is 2.23. The molecule has 11 heteroatoms. The number of nitrogen functional groups attached to an aromatic ring is 1. The van der Waals surface area contributed by atoms with Crippen LogP contribution in [0.1, 0.15) is 0 Å². The molecule has 3 heterocycles. The molecule has 0 aliphatic carbocycles. The van der Waals surface area contributed by atoms with Crippen molar-refractivity contribution in [3.8, 4) is 11.4 Å². The van der Waals surface area contributed by atoms with E-state index in [1.54, 1.807) is 12.1 Å². The van der Waals surface area contributed by atoms with Gasteiger partial charge in [0.2, 0.25) is 11.8 Å². The molecule has 0 saturated heterocycles. The molecular weight excluding hydrogens is 312 g/mol. The largest absolute Gasteiger partial charge is 0.368 e. The molecule has 0 bridgehead atoms. The van der Waals surface area contributed by atoms with E-state index in [9.17, 15) is 4.79 Å². The lowest BCUT2D eigenvalue weighted by molar-refractivity contribution is 0.881. The second-order valence-corrected chi connectivity index (χ2v) is 4.83. The lowest BCUT2D eigenvalue weighted by atomic mass is 10.2. The van der Waals surface area contributed by atoms with Crippen molar-refractivity contribution in [2.45, 2.75) is 0 Å². The average Bonchev–Trinajstić information content (AvgIpc) is 3.09. The molecule has 118 valence electrons. The first-order valence-electron chi connectivity index (χ1n) is 6.82. The average molecular weight is 322 g/mol. The van der Waals surface area contributed by atoms with Crippen LogP contribution in [-0.4, -0.2) is 40.8 Å². The molecule has 0 amide bonds. The first kappa shape index (κ1) is 13.8. The highest BCUT2D eigenvalue weighted by atomic mass is 16.1. The maximum Gasteiger partial charge on any atom is 0.277 e. The van der Waals surface area contributed by atoms with Crippen LogP contribution in [0, 0.1) is 0 Å². The van der Waals surface area contributed by atoms with E-state index in [0.717, 1.165) is 5.56 Å². The van der Waals surface area contributed by atoms with E-state index in [2.05, 4.69) is 46.1 Å². The van der Waals surface area contributed by atoms with Crippen molar-refractivity contribution in [1.82, 2.24) is 40.8 Å². The van der Waals surface area contributed by atoms with Crippen LogP contribution in [0.2, 0.25) is 0 Å². The van der Waals surface area contributed by atoms with Gasteiger partial charge in [-0.1, -0.05) is 0 Å². The summed E-state index contributed by atoms with van der Waals surface area (Å²) in [5.74, 6) is 0.829. The normalized spacial score (nSPS) is 10.8. The zero-order valence-corrected chi connectivity index (χ0v) is 12.1. The second kappa shape index (κ2) is 5.39. The van der Waals surface area contributed by atoms with Crippen molar-refractivity contribution in [2.75, 3.05) is 11.1 Å². The predicted octanol–water partition coefficient (Wildman–Crippen LogP) is 0.219. The summed E-state index contributed by atoms with van der Waals surface area (Å²) < 4.78 is 0. The molecular formula is C13H10N10O. The summed E-state index contributed by atoms with van der Waals surface area (Å²) in [5.41, 5.74) is 7.14. The van der Waals surface area contributed by atoms with Gasteiger partial charge in [0, 0.05) is 11.3 Å². The van der Waals surface area contributed by atoms with Crippen molar-refractivity contribution in [2.24, 2.45) is 0 Å². The third-order valence-corrected chi connectivity index (χ3v) is 3.29. The van der Waals surface area contributed by atoms with Gasteiger partial charge >= 0.3 is 0 Å². The Labute approximate surface area is 133 Å². The fourth-order valence-corrected chi connectivity index (χ4v) is 2.24. The maximum atomic E-state index is 12.0. The minimum atomic E-state index is -0.404. The van der Waals surface area contributed by atoms with Gasteiger partial charge in [-0.2, -0.15) is 15.3 Å². The van der Waals surface area contributed by atoms with Crippen LogP contribution in [0.5, 0.6) is 0 Å². The van der Waals surface area contributed by atoms with E-state index in [1.165, 1.54) is 6.20 Å². The minimum Gasteiger partial charge on any atom is -0.368 e. The zero-order valence-electron chi connectivity index (χ0n) is 12.1. The number of nitrogens with one attached hydrogen (secondary N) is 3. The summed E-state index contributed by atoms with van der Waals surface area (Å²) >= 11 is 0. The zero-order chi connectivity index (χ0) is 16.5. The fraction of sp³-hybridized carbons (Fsp3) is 0. The number of hydrogen-bond donors (Lipinski definition) is 4. The van der Waals surface area contributed by atoms with Gasteiger partial charge in [0.25, 0.3) is 5.56 Å². The number of benzene rings is 1. The molecule has 0 saturated carbocycles. The molecule has 11 nitrogen and oxygen atoms in total. The fourth-order valence-electron chi connectivity index (χ4n) is 2.24. The molecule has 4 rings (SSSR count). The van der Waals surface area contributed by atoms with Crippen LogP contribution >= 0.6 is 0 Å². The number of anilines is 3. The van der Waals surface area contributed by atoms with E-state index < -0.39 is 5.56 Å². The Morgan fingerprint density at radius 1 is 1.12 bits per heavy atom. The third kappa shape index (κ3) is 2.39. The molecule has 0 radical (unpaired) electrons. The number of aromatic amines is 2. The number of hydrogen-bond acceptors (Lipinski definition) is 9. The number of tetrazole rings is 1. The predicted molar refractivity (Wildman–Crippen MR) is 85.3 cm³/mol. The summed E-state index contributed by atoms with van der Waals surface area (Å²) in [4.78, 5) is 20.1. The number of fused-ring (bicyclic) bond motifs is 1. The van der Waals surface area contributed by atoms with Crippen molar-refractivity contribution < 1.29 is 0 Å². The number of nitrogens with zero attached hydrogens (tertiary/aromatic N) is 6. The molecule has 0 atom stereocenters. The van der Waals surface area contributed by atoms with Gasteiger partial charge in [-0.3, -0.25) is 4.79 Å². The molecule has 24 heavy (non-hydrogen) atoms. The van der Waals surface area contributed by atoms with Crippen LogP contribution in [0.3, 0.4) is 0 Å². The lowest BCUT2D eigenvalue weighted by Crippen LogP contribution is -2.13. The van der Waals surface area contributed by atoms with E-state index in [-0.39, 0.29) is 11.3 Å². The molecule has 3 aromatic heterocycles. The summed E-state index contributed by atoms with van der Waals surface area (Å²) in [7, 11) is 0. The first-order valence-corrected chi connectivity index (χ1v) is 6.82. The summed E-state index contributed by atoms with van der Waals surface area (Å²) in [6, 6.07) is 7.22. The van der Waals surface area contributed by atoms with E-state index in [4.69, 9.17) is 5.73 Å². The molecule has 1 aromatic carbocycles. The summed E-state index contributed by atoms with van der Waals surface area (Å²) in [5, 5.41) is 23.1. The van der Waals surface area contributed by atoms with Gasteiger partial charge in [-0.25, -0.2) is 10.1 Å². The third-order valence-electron chi connectivity index (χ3n) is 3.29. The van der Waals surface area contributed by atoms with Crippen LogP contribution in [0.25, 0.3) is 22.3 Å².